The molecule has 1 heterocycles. The van der Waals surface area contributed by atoms with E-state index in [2.05, 4.69) is 5.10 Å². The SMILES string of the molecule is CCN(CC)C(=O)COc1cccc(-c2ccc(-c3cc(C(C)(C)O)nn3-c3ccccc3Cl)cc2)c1. The molecular formula is C30H32ClN3O3. The summed E-state index contributed by atoms with van der Waals surface area (Å²) in [7, 11) is 0. The Morgan fingerprint density at radius 1 is 0.946 bits per heavy atom. The molecule has 0 aliphatic carbocycles. The van der Waals surface area contributed by atoms with E-state index >= 15 is 0 Å². The van der Waals surface area contributed by atoms with Crippen molar-refractivity contribution in [1.29, 1.82) is 0 Å². The first-order valence-electron chi connectivity index (χ1n) is 12.4. The summed E-state index contributed by atoms with van der Waals surface area (Å²) in [5, 5.41) is 15.8. The number of para-hydroxylation sites is 1. The van der Waals surface area contributed by atoms with E-state index < -0.39 is 5.60 Å². The van der Waals surface area contributed by atoms with Gasteiger partial charge >= 0.3 is 0 Å². The molecule has 6 nitrogen and oxygen atoms in total. The van der Waals surface area contributed by atoms with Crippen LogP contribution >= 0.6 is 11.6 Å². The summed E-state index contributed by atoms with van der Waals surface area (Å²) in [6, 6.07) is 25.2. The molecule has 192 valence electrons. The number of carbonyl (C=O) groups is 1. The zero-order chi connectivity index (χ0) is 26.6. The summed E-state index contributed by atoms with van der Waals surface area (Å²) in [6.45, 7) is 8.68. The Hall–Kier alpha value is -3.61. The fourth-order valence-electron chi connectivity index (χ4n) is 4.10. The standard InChI is InChI=1S/C30H32ClN3O3/c1-5-33(6-2)29(35)20-37-24-11-9-10-23(18-24)21-14-16-22(17-15-21)27-19-28(30(3,4)36)32-34(27)26-13-8-7-12-25(26)31/h7-19,36H,5-6,20H2,1-4H3. The van der Waals surface area contributed by atoms with E-state index in [4.69, 9.17) is 16.3 Å². The van der Waals surface area contributed by atoms with Crippen LogP contribution < -0.4 is 4.74 Å². The molecule has 4 rings (SSSR count). The van der Waals surface area contributed by atoms with Crippen LogP contribution in [0.4, 0.5) is 0 Å². The van der Waals surface area contributed by atoms with Crippen LogP contribution in [-0.2, 0) is 10.4 Å². The Bertz CT molecular complexity index is 1370. The second kappa shape index (κ2) is 11.2. The van der Waals surface area contributed by atoms with E-state index in [-0.39, 0.29) is 12.5 Å². The molecule has 0 aliphatic rings. The highest BCUT2D eigenvalue weighted by atomic mass is 35.5. The topological polar surface area (TPSA) is 67.6 Å². The fourth-order valence-corrected chi connectivity index (χ4v) is 4.32. The minimum atomic E-state index is -1.10. The number of hydrogen-bond acceptors (Lipinski definition) is 4. The minimum absolute atomic E-state index is 0.0135. The third-order valence-electron chi connectivity index (χ3n) is 6.24. The van der Waals surface area contributed by atoms with Gasteiger partial charge in [-0.3, -0.25) is 4.79 Å². The average Bonchev–Trinajstić information content (AvgIpc) is 3.35. The predicted molar refractivity (Wildman–Crippen MR) is 148 cm³/mol. The molecule has 37 heavy (non-hydrogen) atoms. The number of nitrogens with zero attached hydrogens (tertiary/aromatic N) is 3. The molecule has 0 aliphatic heterocycles. The third kappa shape index (κ3) is 6.04. The van der Waals surface area contributed by atoms with Gasteiger partial charge in [-0.1, -0.05) is 60.1 Å². The quantitative estimate of drug-likeness (QED) is 0.281. The number of aliphatic hydroxyl groups is 1. The van der Waals surface area contributed by atoms with Crippen molar-refractivity contribution in [1.82, 2.24) is 14.7 Å². The third-order valence-corrected chi connectivity index (χ3v) is 6.56. The second-order valence-electron chi connectivity index (χ2n) is 9.30. The lowest BCUT2D eigenvalue weighted by atomic mass is 10.0. The molecule has 1 aromatic heterocycles. The maximum Gasteiger partial charge on any atom is 0.260 e. The van der Waals surface area contributed by atoms with E-state index in [0.29, 0.717) is 29.6 Å². The fraction of sp³-hybridized carbons (Fsp3) is 0.267. The maximum absolute atomic E-state index is 12.3. The van der Waals surface area contributed by atoms with Gasteiger partial charge in [0.1, 0.15) is 11.4 Å². The lowest BCUT2D eigenvalue weighted by Gasteiger charge is -2.18. The number of likely N-dealkylation sites (N-methyl/N-ethyl adjacent to an activating group) is 1. The lowest BCUT2D eigenvalue weighted by molar-refractivity contribution is -0.132. The summed E-state index contributed by atoms with van der Waals surface area (Å²) >= 11 is 6.48. The van der Waals surface area contributed by atoms with E-state index in [1.807, 2.05) is 92.7 Å². The van der Waals surface area contributed by atoms with E-state index in [1.165, 1.54) is 0 Å². The highest BCUT2D eigenvalue weighted by Crippen LogP contribution is 2.32. The molecule has 1 amide bonds. The first kappa shape index (κ1) is 26.5. The van der Waals surface area contributed by atoms with Crippen LogP contribution in [0.3, 0.4) is 0 Å². The molecule has 7 heteroatoms. The summed E-state index contributed by atoms with van der Waals surface area (Å²) in [5.41, 5.74) is 3.94. The number of halogens is 1. The van der Waals surface area contributed by atoms with Gasteiger partial charge in [-0.05, 0) is 69.2 Å². The number of ether oxygens (including phenoxy) is 1. The van der Waals surface area contributed by atoms with Gasteiger partial charge in [0, 0.05) is 18.7 Å². The Labute approximate surface area is 223 Å². The smallest absolute Gasteiger partial charge is 0.260 e. The van der Waals surface area contributed by atoms with Crippen LogP contribution in [-0.4, -0.2) is 45.4 Å². The van der Waals surface area contributed by atoms with Crippen LogP contribution in [0, 0.1) is 0 Å². The van der Waals surface area contributed by atoms with Gasteiger partial charge < -0.3 is 14.7 Å². The van der Waals surface area contributed by atoms with Crippen molar-refractivity contribution in [3.05, 3.63) is 89.6 Å². The largest absolute Gasteiger partial charge is 0.484 e. The molecule has 0 radical (unpaired) electrons. The number of amides is 1. The van der Waals surface area contributed by atoms with E-state index in [1.54, 1.807) is 23.4 Å². The summed E-state index contributed by atoms with van der Waals surface area (Å²) in [4.78, 5) is 14.0. The minimum Gasteiger partial charge on any atom is -0.484 e. The summed E-state index contributed by atoms with van der Waals surface area (Å²) in [5.74, 6) is 0.619. The molecule has 0 spiro atoms. The Morgan fingerprint density at radius 2 is 1.62 bits per heavy atom. The van der Waals surface area contributed by atoms with Crippen LogP contribution in [0.1, 0.15) is 33.4 Å². The zero-order valence-electron chi connectivity index (χ0n) is 21.6. The van der Waals surface area contributed by atoms with Gasteiger partial charge in [0.2, 0.25) is 0 Å². The molecule has 0 unspecified atom stereocenters. The van der Waals surface area contributed by atoms with Crippen molar-refractivity contribution in [2.45, 2.75) is 33.3 Å². The Balaban J connectivity index is 1.61. The highest BCUT2D eigenvalue weighted by Gasteiger charge is 2.23. The molecule has 0 saturated carbocycles. The van der Waals surface area contributed by atoms with Gasteiger partial charge in [-0.2, -0.15) is 5.10 Å². The zero-order valence-corrected chi connectivity index (χ0v) is 22.4. The first-order chi connectivity index (χ1) is 17.7. The van der Waals surface area contributed by atoms with Gasteiger partial charge in [-0.15, -0.1) is 0 Å². The van der Waals surface area contributed by atoms with Gasteiger partial charge in [-0.25, -0.2) is 4.68 Å². The summed E-state index contributed by atoms with van der Waals surface area (Å²) < 4.78 is 7.55. The first-order valence-corrected chi connectivity index (χ1v) is 12.8. The van der Waals surface area contributed by atoms with Gasteiger partial charge in [0.05, 0.1) is 22.1 Å². The highest BCUT2D eigenvalue weighted by molar-refractivity contribution is 6.32. The van der Waals surface area contributed by atoms with Crippen molar-refractivity contribution in [2.75, 3.05) is 19.7 Å². The molecule has 0 atom stereocenters. The van der Waals surface area contributed by atoms with Crippen molar-refractivity contribution in [3.8, 4) is 33.8 Å². The van der Waals surface area contributed by atoms with Crippen molar-refractivity contribution < 1.29 is 14.6 Å². The predicted octanol–water partition coefficient (Wildman–Crippen LogP) is 6.33. The second-order valence-corrected chi connectivity index (χ2v) is 9.70. The maximum atomic E-state index is 12.3. The van der Waals surface area contributed by atoms with E-state index in [0.717, 1.165) is 28.1 Å². The number of aromatic nitrogens is 2. The molecule has 1 N–H and O–H groups in total. The van der Waals surface area contributed by atoms with Crippen LogP contribution in [0.5, 0.6) is 5.75 Å². The average molecular weight is 518 g/mol. The van der Waals surface area contributed by atoms with Crippen LogP contribution in [0.2, 0.25) is 5.02 Å². The van der Waals surface area contributed by atoms with Crippen molar-refractivity contribution in [2.24, 2.45) is 0 Å². The molecule has 0 bridgehead atoms. The monoisotopic (exact) mass is 517 g/mol. The van der Waals surface area contributed by atoms with Crippen molar-refractivity contribution >= 4 is 17.5 Å². The van der Waals surface area contributed by atoms with Crippen molar-refractivity contribution in [3.63, 3.8) is 0 Å². The summed E-state index contributed by atoms with van der Waals surface area (Å²) in [6.07, 6.45) is 0. The Morgan fingerprint density at radius 3 is 2.27 bits per heavy atom. The van der Waals surface area contributed by atoms with Crippen LogP contribution in [0.25, 0.3) is 28.1 Å². The van der Waals surface area contributed by atoms with Gasteiger partial charge in [0.25, 0.3) is 5.91 Å². The molecule has 0 saturated heterocycles. The lowest BCUT2D eigenvalue weighted by Crippen LogP contribution is -2.34. The van der Waals surface area contributed by atoms with Gasteiger partial charge in [0.15, 0.2) is 6.61 Å². The molecular weight excluding hydrogens is 486 g/mol. The normalized spacial score (nSPS) is 11.4. The Kier molecular flexibility index (Phi) is 8.00. The molecule has 3 aromatic carbocycles. The molecule has 0 fully saturated rings. The number of hydrogen-bond donors (Lipinski definition) is 1. The number of benzene rings is 3. The van der Waals surface area contributed by atoms with Crippen LogP contribution in [0.15, 0.2) is 78.9 Å². The van der Waals surface area contributed by atoms with E-state index in [9.17, 15) is 9.90 Å². The molecule has 4 aromatic rings. The number of rotatable bonds is 9. The number of carbonyl (C=O) groups excluding carboxylic acids is 1.